The Balaban J connectivity index is 1.91. The average Bonchev–Trinajstić information content (AvgIpc) is 2.68. The molecule has 1 aliphatic heterocycles. The maximum Gasteiger partial charge on any atom is 0.243 e. The predicted molar refractivity (Wildman–Crippen MR) is 119 cm³/mol. The van der Waals surface area contributed by atoms with Gasteiger partial charge < -0.3 is 0 Å². The Bertz CT molecular complexity index is 1080. The van der Waals surface area contributed by atoms with E-state index < -0.39 is 20.0 Å². The van der Waals surface area contributed by atoms with Crippen molar-refractivity contribution in [3.63, 3.8) is 0 Å². The second kappa shape index (κ2) is 9.03. The monoisotopic (exact) mass is 451 g/mol. The maximum absolute atomic E-state index is 13.4. The van der Waals surface area contributed by atoms with Gasteiger partial charge in [-0.05, 0) is 74.1 Å². The van der Waals surface area contributed by atoms with E-state index in [2.05, 4.69) is 4.98 Å². The van der Waals surface area contributed by atoms with E-state index in [4.69, 9.17) is 0 Å². The largest absolute Gasteiger partial charge is 0.270 e. The van der Waals surface area contributed by atoms with Crippen molar-refractivity contribution in [3.8, 4) is 0 Å². The van der Waals surface area contributed by atoms with E-state index in [0.29, 0.717) is 49.3 Å². The van der Waals surface area contributed by atoms with Crippen LogP contribution in [0.5, 0.6) is 0 Å². The van der Waals surface area contributed by atoms with Gasteiger partial charge in [0.05, 0.1) is 16.3 Å². The molecule has 1 fully saturated rings. The topological polar surface area (TPSA) is 87.7 Å². The van der Waals surface area contributed by atoms with Crippen molar-refractivity contribution in [3.05, 3.63) is 53.3 Å². The number of sulfonamides is 2. The highest BCUT2D eigenvalue weighted by molar-refractivity contribution is 7.92. The van der Waals surface area contributed by atoms with Crippen molar-refractivity contribution in [2.75, 3.05) is 29.7 Å². The molecule has 0 atom stereocenters. The van der Waals surface area contributed by atoms with E-state index >= 15 is 0 Å². The first-order valence-corrected chi connectivity index (χ1v) is 13.2. The SMILES string of the molecule is CCN(CCc1ccncc1)S(=O)(=O)c1c(C)cc(N2CCCCS2(=O)=O)cc1C. The van der Waals surface area contributed by atoms with Crippen LogP contribution in [0.15, 0.2) is 41.6 Å². The first-order chi connectivity index (χ1) is 14.2. The fourth-order valence-electron chi connectivity index (χ4n) is 3.94. The highest BCUT2D eigenvalue weighted by Gasteiger charge is 2.30. The summed E-state index contributed by atoms with van der Waals surface area (Å²) in [5, 5.41) is 0. The molecule has 1 aromatic carbocycles. The van der Waals surface area contributed by atoms with Gasteiger partial charge in [0.25, 0.3) is 0 Å². The van der Waals surface area contributed by atoms with Crippen LogP contribution in [-0.2, 0) is 26.5 Å². The number of hydrogen-bond acceptors (Lipinski definition) is 5. The summed E-state index contributed by atoms with van der Waals surface area (Å²) >= 11 is 0. The van der Waals surface area contributed by atoms with E-state index in [0.717, 1.165) is 12.0 Å². The first-order valence-electron chi connectivity index (χ1n) is 10.2. The van der Waals surface area contributed by atoms with Crippen molar-refractivity contribution in [2.24, 2.45) is 0 Å². The summed E-state index contributed by atoms with van der Waals surface area (Å²) in [6.45, 7) is 6.44. The van der Waals surface area contributed by atoms with E-state index in [1.54, 1.807) is 38.4 Å². The molecule has 30 heavy (non-hydrogen) atoms. The molecule has 0 aliphatic carbocycles. The molecule has 0 bridgehead atoms. The number of anilines is 1. The number of likely N-dealkylation sites (N-methyl/N-ethyl adjacent to an activating group) is 1. The molecular weight excluding hydrogens is 422 g/mol. The molecule has 0 amide bonds. The lowest BCUT2D eigenvalue weighted by atomic mass is 10.1. The Morgan fingerprint density at radius 2 is 1.73 bits per heavy atom. The highest BCUT2D eigenvalue weighted by atomic mass is 32.2. The summed E-state index contributed by atoms with van der Waals surface area (Å²) in [5.74, 6) is 0.129. The van der Waals surface area contributed by atoms with E-state index in [1.165, 1.54) is 8.61 Å². The lowest BCUT2D eigenvalue weighted by Gasteiger charge is -2.30. The van der Waals surface area contributed by atoms with Crippen LogP contribution in [0.3, 0.4) is 0 Å². The summed E-state index contributed by atoms with van der Waals surface area (Å²) in [5.41, 5.74) is 2.70. The fraction of sp³-hybridized carbons (Fsp3) is 0.476. The lowest BCUT2D eigenvalue weighted by Crippen LogP contribution is -2.38. The number of benzene rings is 1. The highest BCUT2D eigenvalue weighted by Crippen LogP contribution is 2.31. The zero-order chi connectivity index (χ0) is 21.9. The minimum atomic E-state index is -3.71. The Kier molecular flexibility index (Phi) is 6.84. The standard InChI is InChI=1S/C21H29N3O4S2/c1-4-23(13-9-19-7-10-22-11-8-19)30(27,28)21-17(2)15-20(16-18(21)3)24-12-5-6-14-29(24,25)26/h7-8,10-11,15-16H,4-6,9,12-14H2,1-3H3. The zero-order valence-electron chi connectivity index (χ0n) is 17.7. The van der Waals surface area contributed by atoms with E-state index in [1.807, 2.05) is 19.1 Å². The second-order valence-corrected chi connectivity index (χ2v) is 11.5. The third-order valence-electron chi connectivity index (χ3n) is 5.43. The van der Waals surface area contributed by atoms with E-state index in [-0.39, 0.29) is 10.6 Å². The number of aromatic nitrogens is 1. The average molecular weight is 452 g/mol. The number of hydrogen-bond donors (Lipinski definition) is 0. The van der Waals surface area contributed by atoms with Crippen LogP contribution in [0.4, 0.5) is 5.69 Å². The number of nitrogens with zero attached hydrogens (tertiary/aromatic N) is 3. The molecule has 0 unspecified atom stereocenters. The van der Waals surface area contributed by atoms with Crippen molar-refractivity contribution in [1.29, 1.82) is 0 Å². The number of rotatable bonds is 7. The molecule has 3 rings (SSSR count). The Morgan fingerprint density at radius 3 is 2.30 bits per heavy atom. The molecule has 7 nitrogen and oxygen atoms in total. The molecule has 1 aliphatic rings. The van der Waals surface area contributed by atoms with Crippen LogP contribution < -0.4 is 4.31 Å². The van der Waals surface area contributed by atoms with Gasteiger partial charge in [-0.15, -0.1) is 0 Å². The Labute approximate surface area is 179 Å². The van der Waals surface area contributed by atoms with Crippen LogP contribution in [0.1, 0.15) is 36.5 Å². The molecule has 2 heterocycles. The minimum absolute atomic E-state index is 0.129. The minimum Gasteiger partial charge on any atom is -0.270 e. The molecule has 1 aromatic heterocycles. The summed E-state index contributed by atoms with van der Waals surface area (Å²) in [6.07, 6.45) is 5.45. The first kappa shape index (κ1) is 22.7. The number of aryl methyl sites for hydroxylation is 2. The van der Waals surface area contributed by atoms with Gasteiger partial charge >= 0.3 is 0 Å². The normalized spacial score (nSPS) is 16.7. The maximum atomic E-state index is 13.4. The molecule has 0 spiro atoms. The quantitative estimate of drug-likeness (QED) is 0.646. The van der Waals surface area contributed by atoms with E-state index in [9.17, 15) is 16.8 Å². The van der Waals surface area contributed by atoms with Crippen LogP contribution in [-0.4, -0.2) is 51.5 Å². The lowest BCUT2D eigenvalue weighted by molar-refractivity contribution is 0.430. The van der Waals surface area contributed by atoms with Gasteiger partial charge in [-0.25, -0.2) is 16.8 Å². The van der Waals surface area contributed by atoms with Crippen LogP contribution >= 0.6 is 0 Å². The molecule has 9 heteroatoms. The molecule has 0 saturated carbocycles. The molecular formula is C21H29N3O4S2. The third kappa shape index (κ3) is 4.68. The van der Waals surface area contributed by atoms with Crippen molar-refractivity contribution in [2.45, 2.75) is 44.9 Å². The van der Waals surface area contributed by atoms with Crippen LogP contribution in [0.25, 0.3) is 0 Å². The van der Waals surface area contributed by atoms with Gasteiger partial charge in [-0.2, -0.15) is 4.31 Å². The summed E-state index contributed by atoms with van der Waals surface area (Å²) in [6, 6.07) is 7.12. The van der Waals surface area contributed by atoms with Gasteiger partial charge in [-0.1, -0.05) is 6.92 Å². The zero-order valence-corrected chi connectivity index (χ0v) is 19.3. The van der Waals surface area contributed by atoms with Crippen LogP contribution in [0, 0.1) is 13.8 Å². The Hall–Kier alpha value is -1.97. The van der Waals surface area contributed by atoms with Crippen molar-refractivity contribution < 1.29 is 16.8 Å². The molecule has 0 radical (unpaired) electrons. The summed E-state index contributed by atoms with van der Waals surface area (Å²) in [7, 11) is -7.06. The molecule has 164 valence electrons. The summed E-state index contributed by atoms with van der Waals surface area (Å²) in [4.78, 5) is 4.25. The van der Waals surface area contributed by atoms with Gasteiger partial charge in [0.15, 0.2) is 0 Å². The molecule has 1 saturated heterocycles. The van der Waals surface area contributed by atoms with Gasteiger partial charge in [0.1, 0.15) is 0 Å². The van der Waals surface area contributed by atoms with Gasteiger partial charge in [0, 0.05) is 32.0 Å². The van der Waals surface area contributed by atoms with Crippen LogP contribution in [0.2, 0.25) is 0 Å². The third-order valence-corrected chi connectivity index (χ3v) is 9.58. The number of pyridine rings is 1. The summed E-state index contributed by atoms with van der Waals surface area (Å²) < 4.78 is 54.6. The predicted octanol–water partition coefficient (Wildman–Crippen LogP) is 2.88. The second-order valence-electron chi connectivity index (χ2n) is 7.61. The van der Waals surface area contributed by atoms with Crippen molar-refractivity contribution in [1.82, 2.24) is 9.29 Å². The molecule has 2 aromatic rings. The smallest absolute Gasteiger partial charge is 0.243 e. The Morgan fingerprint density at radius 1 is 1.10 bits per heavy atom. The molecule has 0 N–H and O–H groups in total. The van der Waals surface area contributed by atoms with Gasteiger partial charge in [0.2, 0.25) is 20.0 Å². The fourth-order valence-corrected chi connectivity index (χ4v) is 7.42. The van der Waals surface area contributed by atoms with Crippen molar-refractivity contribution >= 4 is 25.7 Å². The van der Waals surface area contributed by atoms with Gasteiger partial charge in [-0.3, -0.25) is 9.29 Å².